The number of fused-ring (bicyclic) bond motifs is 1. The number of hydrogen-bond donors (Lipinski definition) is 0. The van der Waals surface area contributed by atoms with Gasteiger partial charge >= 0.3 is 5.97 Å². The second-order valence-electron chi connectivity index (χ2n) is 6.18. The van der Waals surface area contributed by atoms with Gasteiger partial charge < -0.3 is 14.4 Å². The lowest BCUT2D eigenvalue weighted by Gasteiger charge is -2.21. The Morgan fingerprint density at radius 3 is 2.74 bits per heavy atom. The summed E-state index contributed by atoms with van der Waals surface area (Å²) >= 11 is 0. The largest absolute Gasteiger partial charge is 0.494 e. The Kier molecular flexibility index (Phi) is 5.54. The summed E-state index contributed by atoms with van der Waals surface area (Å²) in [6.07, 6.45) is 2.46. The molecule has 2 aromatic rings. The molecule has 1 aliphatic rings. The molecule has 0 saturated carbocycles. The molecule has 5 nitrogen and oxygen atoms in total. The molecule has 0 bridgehead atoms. The van der Waals surface area contributed by atoms with E-state index in [1.165, 1.54) is 31.4 Å². The number of anilines is 1. The predicted octanol–water partition coefficient (Wildman–Crippen LogP) is 3.37. The maximum atomic E-state index is 13.7. The van der Waals surface area contributed by atoms with Crippen molar-refractivity contribution < 1.29 is 23.5 Å². The molecule has 1 aliphatic heterocycles. The van der Waals surface area contributed by atoms with E-state index in [-0.39, 0.29) is 11.7 Å². The second kappa shape index (κ2) is 8.03. The van der Waals surface area contributed by atoms with E-state index in [1.807, 2.05) is 24.3 Å². The average molecular weight is 369 g/mol. The van der Waals surface area contributed by atoms with Gasteiger partial charge in [-0.1, -0.05) is 24.3 Å². The molecule has 140 valence electrons. The zero-order chi connectivity index (χ0) is 19.4. The van der Waals surface area contributed by atoms with Gasteiger partial charge in [-0.2, -0.15) is 0 Å². The first-order chi connectivity index (χ1) is 13.0. The van der Waals surface area contributed by atoms with Crippen LogP contribution >= 0.6 is 0 Å². The van der Waals surface area contributed by atoms with Crippen LogP contribution in [-0.4, -0.2) is 31.6 Å². The van der Waals surface area contributed by atoms with Gasteiger partial charge in [0.1, 0.15) is 0 Å². The van der Waals surface area contributed by atoms with Crippen molar-refractivity contribution >= 4 is 23.6 Å². The van der Waals surface area contributed by atoms with E-state index >= 15 is 0 Å². The molecule has 3 rings (SSSR count). The highest BCUT2D eigenvalue weighted by molar-refractivity contribution is 6.00. The van der Waals surface area contributed by atoms with E-state index in [0.29, 0.717) is 12.1 Å². The minimum Gasteiger partial charge on any atom is -0.494 e. The van der Waals surface area contributed by atoms with Gasteiger partial charge in [-0.25, -0.2) is 9.18 Å². The lowest BCUT2D eigenvalue weighted by Crippen LogP contribution is -2.38. The zero-order valence-corrected chi connectivity index (χ0v) is 15.1. The first-order valence-corrected chi connectivity index (χ1v) is 8.61. The number of benzene rings is 2. The van der Waals surface area contributed by atoms with Crippen LogP contribution in [0.2, 0.25) is 0 Å². The van der Waals surface area contributed by atoms with E-state index in [0.717, 1.165) is 17.7 Å². The number of hydrogen-bond acceptors (Lipinski definition) is 4. The fourth-order valence-electron chi connectivity index (χ4n) is 3.00. The predicted molar refractivity (Wildman–Crippen MR) is 100 cm³/mol. The molecular weight excluding hydrogens is 349 g/mol. The van der Waals surface area contributed by atoms with Crippen LogP contribution in [0.25, 0.3) is 6.08 Å². The summed E-state index contributed by atoms with van der Waals surface area (Å²) in [5, 5.41) is 0. The first kappa shape index (κ1) is 18.6. The van der Waals surface area contributed by atoms with Crippen molar-refractivity contribution in [1.29, 1.82) is 0 Å². The van der Waals surface area contributed by atoms with Gasteiger partial charge in [0.2, 0.25) is 0 Å². The summed E-state index contributed by atoms with van der Waals surface area (Å²) in [6.45, 7) is 2.11. The van der Waals surface area contributed by atoms with E-state index in [1.54, 1.807) is 17.9 Å². The first-order valence-electron chi connectivity index (χ1n) is 8.61. The molecular formula is C21H20FNO4. The van der Waals surface area contributed by atoms with Gasteiger partial charge in [0.05, 0.1) is 7.11 Å². The third-order valence-electron chi connectivity index (χ3n) is 4.38. The Morgan fingerprint density at radius 1 is 1.22 bits per heavy atom. The Morgan fingerprint density at radius 2 is 2.00 bits per heavy atom. The Balaban J connectivity index is 1.61. The molecule has 0 unspecified atom stereocenters. The summed E-state index contributed by atoms with van der Waals surface area (Å²) in [5.41, 5.74) is 2.44. The maximum Gasteiger partial charge on any atom is 0.331 e. The number of ether oxygens (including phenoxy) is 2. The smallest absolute Gasteiger partial charge is 0.331 e. The van der Waals surface area contributed by atoms with Gasteiger partial charge in [0.25, 0.3) is 5.91 Å². The monoisotopic (exact) mass is 369 g/mol. The van der Waals surface area contributed by atoms with Crippen molar-refractivity contribution in [3.8, 4) is 5.75 Å². The minimum atomic E-state index is -0.916. The quantitative estimate of drug-likeness (QED) is 0.599. The fraction of sp³-hybridized carbons (Fsp3) is 0.238. The van der Waals surface area contributed by atoms with Crippen LogP contribution in [0.4, 0.5) is 10.1 Å². The number of rotatable bonds is 5. The Labute approximate surface area is 157 Å². The lowest BCUT2D eigenvalue weighted by molar-refractivity contribution is -0.149. The number of para-hydroxylation sites is 1. The fourth-order valence-corrected chi connectivity index (χ4v) is 3.00. The van der Waals surface area contributed by atoms with Gasteiger partial charge in [0, 0.05) is 18.3 Å². The SMILES string of the molecule is COc1ccc(/C=C/C(=O)O[C@@H](C)C(=O)N2CCc3ccccc32)cc1F. The molecule has 1 atom stereocenters. The van der Waals surface area contributed by atoms with Crippen LogP contribution in [0.5, 0.6) is 5.75 Å². The molecule has 0 N–H and O–H groups in total. The molecule has 0 spiro atoms. The van der Waals surface area contributed by atoms with Crippen molar-refractivity contribution in [3.63, 3.8) is 0 Å². The Bertz CT molecular complexity index is 894. The molecule has 0 saturated heterocycles. The van der Waals surface area contributed by atoms with Crippen LogP contribution in [0.3, 0.4) is 0 Å². The zero-order valence-electron chi connectivity index (χ0n) is 15.1. The maximum absolute atomic E-state index is 13.7. The molecule has 1 amide bonds. The molecule has 27 heavy (non-hydrogen) atoms. The molecule has 0 fully saturated rings. The third-order valence-corrected chi connectivity index (χ3v) is 4.38. The minimum absolute atomic E-state index is 0.125. The lowest BCUT2D eigenvalue weighted by atomic mass is 10.2. The summed E-state index contributed by atoms with van der Waals surface area (Å²) in [7, 11) is 1.38. The van der Waals surface area contributed by atoms with E-state index in [2.05, 4.69) is 0 Å². The second-order valence-corrected chi connectivity index (χ2v) is 6.18. The van der Waals surface area contributed by atoms with Crippen LogP contribution in [0.15, 0.2) is 48.5 Å². The molecule has 6 heteroatoms. The summed E-state index contributed by atoms with van der Waals surface area (Å²) in [4.78, 5) is 26.2. The van der Waals surface area contributed by atoms with Crippen LogP contribution in [0, 0.1) is 5.82 Å². The number of halogens is 1. The molecule has 0 aromatic heterocycles. The van der Waals surface area contributed by atoms with E-state index in [9.17, 15) is 14.0 Å². The van der Waals surface area contributed by atoms with Crippen molar-refractivity contribution in [1.82, 2.24) is 0 Å². The van der Waals surface area contributed by atoms with Crippen molar-refractivity contribution in [2.75, 3.05) is 18.6 Å². The number of methoxy groups -OCH3 is 1. The normalized spacial score (nSPS) is 14.1. The van der Waals surface area contributed by atoms with Gasteiger partial charge in [-0.15, -0.1) is 0 Å². The highest BCUT2D eigenvalue weighted by atomic mass is 19.1. The molecule has 2 aromatic carbocycles. The van der Waals surface area contributed by atoms with E-state index < -0.39 is 17.9 Å². The average Bonchev–Trinajstić information content (AvgIpc) is 3.10. The highest BCUT2D eigenvalue weighted by Crippen LogP contribution is 2.28. The van der Waals surface area contributed by atoms with Crippen molar-refractivity contribution in [2.24, 2.45) is 0 Å². The third kappa shape index (κ3) is 4.16. The number of esters is 1. The highest BCUT2D eigenvalue weighted by Gasteiger charge is 2.29. The molecule has 0 aliphatic carbocycles. The molecule has 0 radical (unpaired) electrons. The summed E-state index contributed by atoms with van der Waals surface area (Å²) < 4.78 is 23.7. The molecule has 1 heterocycles. The van der Waals surface area contributed by atoms with Crippen LogP contribution in [-0.2, 0) is 20.7 Å². The summed E-state index contributed by atoms with van der Waals surface area (Å²) in [6, 6.07) is 12.0. The van der Waals surface area contributed by atoms with Gasteiger partial charge in [-0.3, -0.25) is 4.79 Å². The number of nitrogens with zero attached hydrogens (tertiary/aromatic N) is 1. The van der Waals surface area contributed by atoms with E-state index in [4.69, 9.17) is 9.47 Å². The van der Waals surface area contributed by atoms with Crippen molar-refractivity contribution in [2.45, 2.75) is 19.4 Å². The van der Waals surface area contributed by atoms with Gasteiger partial charge in [-0.05, 0) is 48.7 Å². The van der Waals surface area contributed by atoms with Crippen LogP contribution < -0.4 is 9.64 Å². The summed E-state index contributed by atoms with van der Waals surface area (Å²) in [5.74, 6) is -1.33. The van der Waals surface area contributed by atoms with Gasteiger partial charge in [0.15, 0.2) is 17.7 Å². The number of amides is 1. The standard InChI is InChI=1S/C21H20FNO4/c1-14(21(25)23-12-11-16-5-3-4-6-18(16)23)27-20(24)10-8-15-7-9-19(26-2)17(22)13-15/h3-10,13-14H,11-12H2,1-2H3/b10-8+/t14-/m0/s1. The number of carbonyl (C=O) groups is 2. The number of carbonyl (C=O) groups excluding carboxylic acids is 2. The Hall–Kier alpha value is -3.15. The van der Waals surface area contributed by atoms with Crippen molar-refractivity contribution in [3.05, 3.63) is 65.5 Å². The topological polar surface area (TPSA) is 55.8 Å². The van der Waals surface area contributed by atoms with Crippen LogP contribution in [0.1, 0.15) is 18.1 Å².